The molecule has 1 radical (unpaired) electrons. The van der Waals surface area contributed by atoms with Crippen LogP contribution in [0.5, 0.6) is 0 Å². The number of hydrogen-bond donors (Lipinski definition) is 0. The van der Waals surface area contributed by atoms with Gasteiger partial charge in [-0.05, 0) is 12.8 Å². The largest absolute Gasteiger partial charge is 0.0816 e. The van der Waals surface area contributed by atoms with Crippen molar-refractivity contribution in [2.45, 2.75) is 91.4 Å². The molecule has 0 bridgehead atoms. The van der Waals surface area contributed by atoms with Crippen LogP contribution in [-0.4, -0.2) is 32.3 Å². The maximum atomic E-state index is 2.51. The van der Waals surface area contributed by atoms with Crippen LogP contribution >= 0.6 is 0 Å². The van der Waals surface area contributed by atoms with Gasteiger partial charge in [-0.15, -0.1) is 0 Å². The minimum Gasteiger partial charge on any atom is -0.0816 e. The van der Waals surface area contributed by atoms with Gasteiger partial charge in [0, 0.05) is 18.6 Å². The Labute approximate surface area is 186 Å². The van der Waals surface area contributed by atoms with Gasteiger partial charge >= 0.3 is 0 Å². The molecule has 0 heterocycles. The molecule has 5 heteroatoms. The molecular weight excluding hydrogens is 428 g/mol. The van der Waals surface area contributed by atoms with Crippen molar-refractivity contribution in [1.82, 2.24) is 0 Å². The minimum absolute atomic E-state index is 0. The zero-order valence-corrected chi connectivity index (χ0v) is 25.6. The molecule has 0 spiro atoms. The Morgan fingerprint density at radius 1 is 0.481 bits per heavy atom. The number of rotatable bonds is 4. The van der Waals surface area contributed by atoms with Crippen molar-refractivity contribution in [1.29, 1.82) is 0 Å². The summed E-state index contributed by atoms with van der Waals surface area (Å²) in [5.74, 6) is 0. The van der Waals surface area contributed by atoms with Crippen LogP contribution in [0, 0.1) is 0 Å². The van der Waals surface area contributed by atoms with Crippen LogP contribution in [0.25, 0.3) is 0 Å². The molecule has 0 aromatic rings. The molecule has 0 amide bonds. The second kappa shape index (κ2) is 9.48. The minimum atomic E-state index is -1.04. The Morgan fingerprint density at radius 3 is 0.852 bits per heavy atom. The maximum Gasteiger partial charge on any atom is 0.0771 e. The van der Waals surface area contributed by atoms with Gasteiger partial charge in [0.25, 0.3) is 0 Å². The van der Waals surface area contributed by atoms with Crippen LogP contribution in [0.15, 0.2) is 45.1 Å². The van der Waals surface area contributed by atoms with E-state index in [0.29, 0.717) is 0 Å². The summed E-state index contributed by atoms with van der Waals surface area (Å²) in [7, 11) is -4.10. The van der Waals surface area contributed by atoms with Gasteiger partial charge < -0.3 is 0 Å². The molecule has 0 saturated heterocycles. The molecule has 2 aliphatic carbocycles. The van der Waals surface area contributed by atoms with Gasteiger partial charge in [-0.3, -0.25) is 0 Å². The van der Waals surface area contributed by atoms with Gasteiger partial charge in [-0.25, -0.2) is 0 Å². The third-order valence-corrected chi connectivity index (χ3v) is 14.1. The summed E-state index contributed by atoms with van der Waals surface area (Å²) < 4.78 is 0. The van der Waals surface area contributed by atoms with E-state index < -0.39 is 32.3 Å². The summed E-state index contributed by atoms with van der Waals surface area (Å²) >= 11 is 0. The van der Waals surface area contributed by atoms with Crippen LogP contribution in [-0.2, 0) is 18.6 Å². The van der Waals surface area contributed by atoms with E-state index in [1.54, 1.807) is 20.8 Å². The summed E-state index contributed by atoms with van der Waals surface area (Å²) in [6.07, 6.45) is 12.5. The third-order valence-electron chi connectivity index (χ3n) is 5.40. The van der Waals surface area contributed by atoms with E-state index in [1.807, 2.05) is 0 Å². The smallest absolute Gasteiger partial charge is 0.0771 e. The Hall–Kier alpha value is 0.412. The molecule has 0 unspecified atom stereocenters. The van der Waals surface area contributed by atoms with Crippen molar-refractivity contribution in [2.75, 3.05) is 0 Å². The molecule has 0 aliphatic heterocycles. The molecule has 0 atom stereocenters. The summed E-state index contributed by atoms with van der Waals surface area (Å²) in [4.78, 5) is 0. The molecule has 0 aromatic carbocycles. The summed E-state index contributed by atoms with van der Waals surface area (Å²) in [5.41, 5.74) is 0. The number of allylic oxidation sites excluding steroid dienone is 8. The summed E-state index contributed by atoms with van der Waals surface area (Å²) in [6, 6.07) is 0. The maximum absolute atomic E-state index is 2.51. The van der Waals surface area contributed by atoms with Crippen molar-refractivity contribution in [3.05, 3.63) is 45.1 Å². The van der Waals surface area contributed by atoms with Crippen LogP contribution in [0.2, 0.25) is 78.6 Å². The molecule has 0 nitrogen and oxygen atoms in total. The van der Waals surface area contributed by atoms with Crippen LogP contribution < -0.4 is 0 Å². The zero-order valence-electron chi connectivity index (χ0n) is 20.2. The molecule has 0 fully saturated rings. The number of hydrogen-bond acceptors (Lipinski definition) is 0. The van der Waals surface area contributed by atoms with Crippen LogP contribution in [0.4, 0.5) is 0 Å². The van der Waals surface area contributed by atoms with Crippen molar-refractivity contribution >= 4 is 32.3 Å². The Morgan fingerprint density at radius 2 is 0.741 bits per heavy atom. The van der Waals surface area contributed by atoms with Gasteiger partial charge in [0.2, 0.25) is 0 Å². The van der Waals surface area contributed by atoms with Gasteiger partial charge in [-0.1, -0.05) is 124 Å². The molecule has 0 N–H and O–H groups in total. The molecule has 2 rings (SSSR count). The van der Waals surface area contributed by atoms with Crippen LogP contribution in [0.1, 0.15) is 12.8 Å². The Bertz CT molecular complexity index is 582. The van der Waals surface area contributed by atoms with Gasteiger partial charge in [-0.2, -0.15) is 0 Å². The van der Waals surface area contributed by atoms with E-state index >= 15 is 0 Å². The quantitative estimate of drug-likeness (QED) is 0.364. The first-order valence-electron chi connectivity index (χ1n) is 10.3. The first kappa shape index (κ1) is 27.4. The zero-order chi connectivity index (χ0) is 20.6. The molecular formula is C22H44Si4V. The standard InChI is InChI=1S/2C11H22Si2.V/c2*1-12(2,3)10-7-8-11(9-10)13(4,5)6;/h2*7,9H,8H2,1-6H3;. The third kappa shape index (κ3) is 8.75. The van der Waals surface area contributed by atoms with Crippen LogP contribution in [0.3, 0.4) is 0 Å². The average Bonchev–Trinajstić information content (AvgIpc) is 3.06. The van der Waals surface area contributed by atoms with Crippen molar-refractivity contribution in [2.24, 2.45) is 0 Å². The second-order valence-corrected chi connectivity index (χ2v) is 32.5. The van der Waals surface area contributed by atoms with Gasteiger partial charge in [0.1, 0.15) is 0 Å². The molecule has 153 valence electrons. The fraction of sp³-hybridized carbons (Fsp3) is 0.636. The van der Waals surface area contributed by atoms with E-state index in [0.717, 1.165) is 0 Å². The van der Waals surface area contributed by atoms with E-state index in [9.17, 15) is 0 Å². The Kier molecular flexibility index (Phi) is 9.63. The Balaban J connectivity index is 0.000000483. The van der Waals surface area contributed by atoms with E-state index in [-0.39, 0.29) is 18.6 Å². The monoisotopic (exact) mass is 471 g/mol. The molecule has 2 aliphatic rings. The fourth-order valence-corrected chi connectivity index (χ4v) is 8.68. The summed E-state index contributed by atoms with van der Waals surface area (Å²) in [5, 5.41) is 6.82. The predicted molar refractivity (Wildman–Crippen MR) is 135 cm³/mol. The van der Waals surface area contributed by atoms with Crippen molar-refractivity contribution in [3.63, 3.8) is 0 Å². The molecule has 0 aromatic heterocycles. The molecule has 0 saturated carbocycles. The topological polar surface area (TPSA) is 0 Å². The van der Waals surface area contributed by atoms with Crippen molar-refractivity contribution in [3.8, 4) is 0 Å². The fourth-order valence-electron chi connectivity index (χ4n) is 3.14. The summed E-state index contributed by atoms with van der Waals surface area (Å²) in [6.45, 7) is 29.3. The average molecular weight is 472 g/mol. The first-order chi connectivity index (χ1) is 11.4. The van der Waals surface area contributed by atoms with Gasteiger partial charge in [0.15, 0.2) is 0 Å². The van der Waals surface area contributed by atoms with Crippen molar-refractivity contribution < 1.29 is 18.6 Å². The normalized spacial score (nSPS) is 17.9. The van der Waals surface area contributed by atoms with E-state index in [2.05, 4.69) is 103 Å². The second-order valence-electron chi connectivity index (χ2n) is 12.1. The first-order valence-corrected chi connectivity index (χ1v) is 24.3. The SMILES string of the molecule is C[Si](C)(C)C1=CCC([Si](C)(C)C)=C1.C[Si](C)(C)C1=CCC([Si](C)(C)C)=C1.[V]. The van der Waals surface area contributed by atoms with Gasteiger partial charge in [0.05, 0.1) is 32.3 Å². The molecule has 27 heavy (non-hydrogen) atoms. The van der Waals surface area contributed by atoms with E-state index in [1.165, 1.54) is 12.8 Å². The predicted octanol–water partition coefficient (Wildman–Crippen LogP) is 7.99. The van der Waals surface area contributed by atoms with E-state index in [4.69, 9.17) is 0 Å².